The summed E-state index contributed by atoms with van der Waals surface area (Å²) in [5.74, 6) is -1.03. The first-order valence-electron chi connectivity index (χ1n) is 6.44. The number of hydrogen-bond donors (Lipinski definition) is 1. The maximum absolute atomic E-state index is 13.8. The average Bonchev–Trinajstić information content (AvgIpc) is 2.71. The Morgan fingerprint density at radius 1 is 1.30 bits per heavy atom. The van der Waals surface area contributed by atoms with Crippen molar-refractivity contribution in [3.8, 4) is 0 Å². The predicted molar refractivity (Wildman–Crippen MR) is 83.2 cm³/mol. The molecule has 0 radical (unpaired) electrons. The van der Waals surface area contributed by atoms with Gasteiger partial charge in [-0.2, -0.15) is 0 Å². The molecule has 1 nitrogen and oxygen atoms in total. The molecule has 1 N–H and O–H groups in total. The van der Waals surface area contributed by atoms with Crippen molar-refractivity contribution in [1.82, 2.24) is 5.32 Å². The maximum Gasteiger partial charge on any atom is 0.129 e. The Kier molecular flexibility index (Phi) is 5.29. The van der Waals surface area contributed by atoms with Gasteiger partial charge in [-0.1, -0.05) is 13.0 Å². The predicted octanol–water partition coefficient (Wildman–Crippen LogP) is 4.99. The SMILES string of the molecule is CCNC(Cc1ccc(F)cc1F)c1cc(Br)sc1C. The molecule has 108 valence electrons. The number of aryl methyl sites for hydroxylation is 1. The highest BCUT2D eigenvalue weighted by Gasteiger charge is 2.18. The highest BCUT2D eigenvalue weighted by molar-refractivity contribution is 9.11. The van der Waals surface area contributed by atoms with Crippen LogP contribution in [0.25, 0.3) is 0 Å². The van der Waals surface area contributed by atoms with Crippen LogP contribution in [-0.2, 0) is 6.42 Å². The standard InChI is InChI=1S/C15H16BrF2NS/c1-3-19-14(12-8-15(16)20-9(12)2)6-10-4-5-11(17)7-13(10)18/h4-5,7-8,14,19H,3,6H2,1-2H3. The molecule has 1 atom stereocenters. The van der Waals surface area contributed by atoms with E-state index in [1.807, 2.05) is 6.92 Å². The second-order valence-corrected chi connectivity index (χ2v) is 7.25. The molecule has 0 saturated carbocycles. The van der Waals surface area contributed by atoms with Crippen LogP contribution in [0, 0.1) is 18.6 Å². The van der Waals surface area contributed by atoms with Crippen molar-refractivity contribution in [2.75, 3.05) is 6.54 Å². The van der Waals surface area contributed by atoms with Crippen molar-refractivity contribution in [2.45, 2.75) is 26.3 Å². The van der Waals surface area contributed by atoms with E-state index in [0.29, 0.717) is 12.0 Å². The molecule has 0 aliphatic rings. The van der Waals surface area contributed by atoms with Gasteiger partial charge in [-0.3, -0.25) is 0 Å². The van der Waals surface area contributed by atoms with Crippen molar-refractivity contribution >= 4 is 27.3 Å². The van der Waals surface area contributed by atoms with Crippen LogP contribution in [0.5, 0.6) is 0 Å². The lowest BCUT2D eigenvalue weighted by molar-refractivity contribution is 0.520. The molecule has 0 aliphatic carbocycles. The van der Waals surface area contributed by atoms with Gasteiger partial charge in [0.05, 0.1) is 3.79 Å². The van der Waals surface area contributed by atoms with E-state index in [1.54, 1.807) is 11.3 Å². The zero-order valence-electron chi connectivity index (χ0n) is 11.3. The molecule has 2 aromatic rings. The number of rotatable bonds is 5. The largest absolute Gasteiger partial charge is 0.310 e. The number of benzene rings is 1. The van der Waals surface area contributed by atoms with Gasteiger partial charge >= 0.3 is 0 Å². The van der Waals surface area contributed by atoms with E-state index >= 15 is 0 Å². The van der Waals surface area contributed by atoms with Crippen LogP contribution >= 0.6 is 27.3 Å². The molecule has 1 heterocycles. The smallest absolute Gasteiger partial charge is 0.129 e. The minimum absolute atomic E-state index is 0.0301. The van der Waals surface area contributed by atoms with Gasteiger partial charge < -0.3 is 5.32 Å². The van der Waals surface area contributed by atoms with Gasteiger partial charge in [0.15, 0.2) is 0 Å². The zero-order valence-corrected chi connectivity index (χ0v) is 13.7. The first kappa shape index (κ1) is 15.6. The molecule has 1 unspecified atom stereocenters. The molecule has 5 heteroatoms. The Morgan fingerprint density at radius 2 is 2.05 bits per heavy atom. The number of likely N-dealkylation sites (N-methyl/N-ethyl adjacent to an activating group) is 1. The van der Waals surface area contributed by atoms with Crippen molar-refractivity contribution in [3.63, 3.8) is 0 Å². The summed E-state index contributed by atoms with van der Waals surface area (Å²) < 4.78 is 27.8. The quantitative estimate of drug-likeness (QED) is 0.792. The Balaban J connectivity index is 2.27. The summed E-state index contributed by atoms with van der Waals surface area (Å²) in [6.45, 7) is 4.86. The summed E-state index contributed by atoms with van der Waals surface area (Å²) >= 11 is 5.14. The lowest BCUT2D eigenvalue weighted by atomic mass is 9.99. The summed E-state index contributed by atoms with van der Waals surface area (Å²) in [4.78, 5) is 1.20. The van der Waals surface area contributed by atoms with E-state index in [9.17, 15) is 8.78 Å². The van der Waals surface area contributed by atoms with Crippen LogP contribution < -0.4 is 5.32 Å². The second kappa shape index (κ2) is 6.78. The maximum atomic E-state index is 13.8. The fourth-order valence-corrected chi connectivity index (χ4v) is 4.02. The first-order chi connectivity index (χ1) is 9.51. The van der Waals surface area contributed by atoms with Crippen LogP contribution in [0.2, 0.25) is 0 Å². The number of halogens is 3. The van der Waals surface area contributed by atoms with Gasteiger partial charge in [0.1, 0.15) is 11.6 Å². The summed E-state index contributed by atoms with van der Waals surface area (Å²) in [5.41, 5.74) is 1.69. The second-order valence-electron chi connectivity index (χ2n) is 4.61. The van der Waals surface area contributed by atoms with Crippen molar-refractivity contribution in [3.05, 3.63) is 55.7 Å². The normalized spacial score (nSPS) is 12.7. The molecule has 0 bridgehead atoms. The van der Waals surface area contributed by atoms with Gasteiger partial charge in [-0.25, -0.2) is 8.78 Å². The Bertz CT molecular complexity index is 598. The fourth-order valence-electron chi connectivity index (χ4n) is 2.25. The lowest BCUT2D eigenvalue weighted by Crippen LogP contribution is -2.23. The number of hydrogen-bond acceptors (Lipinski definition) is 2. The summed E-state index contributed by atoms with van der Waals surface area (Å²) in [6.07, 6.45) is 0.504. The molecule has 1 aromatic heterocycles. The highest BCUT2D eigenvalue weighted by atomic mass is 79.9. The van der Waals surface area contributed by atoms with E-state index < -0.39 is 11.6 Å². The first-order valence-corrected chi connectivity index (χ1v) is 8.05. The fraction of sp³-hybridized carbons (Fsp3) is 0.333. The summed E-state index contributed by atoms with van der Waals surface area (Å²) in [7, 11) is 0. The Morgan fingerprint density at radius 3 is 2.60 bits per heavy atom. The average molecular weight is 360 g/mol. The van der Waals surface area contributed by atoms with Crippen LogP contribution in [0.3, 0.4) is 0 Å². The zero-order chi connectivity index (χ0) is 14.7. The molecule has 0 saturated heterocycles. The molecule has 0 aliphatic heterocycles. The molecule has 0 spiro atoms. The van der Waals surface area contributed by atoms with Crippen LogP contribution in [0.15, 0.2) is 28.1 Å². The van der Waals surface area contributed by atoms with E-state index in [1.165, 1.54) is 17.0 Å². The summed E-state index contributed by atoms with van der Waals surface area (Å²) in [5, 5.41) is 3.37. The van der Waals surface area contributed by atoms with Gasteiger partial charge in [0.25, 0.3) is 0 Å². The van der Waals surface area contributed by atoms with Crippen LogP contribution in [0.4, 0.5) is 8.78 Å². The van der Waals surface area contributed by atoms with Gasteiger partial charge in [-0.15, -0.1) is 11.3 Å². The number of nitrogens with one attached hydrogen (secondary N) is 1. The topological polar surface area (TPSA) is 12.0 Å². The summed E-state index contributed by atoms with van der Waals surface area (Å²) in [6, 6.07) is 5.86. The van der Waals surface area contributed by atoms with E-state index in [4.69, 9.17) is 0 Å². The highest BCUT2D eigenvalue weighted by Crippen LogP contribution is 2.32. The molecular weight excluding hydrogens is 344 g/mol. The van der Waals surface area contributed by atoms with Crippen molar-refractivity contribution < 1.29 is 8.78 Å². The Hall–Kier alpha value is -0.780. The van der Waals surface area contributed by atoms with Crippen LogP contribution in [-0.4, -0.2) is 6.54 Å². The van der Waals surface area contributed by atoms with Gasteiger partial charge in [0, 0.05) is 17.0 Å². The molecular formula is C15H16BrF2NS. The third-order valence-electron chi connectivity index (χ3n) is 3.19. The van der Waals surface area contributed by atoms with Gasteiger partial charge in [0.2, 0.25) is 0 Å². The third kappa shape index (κ3) is 3.65. The van der Waals surface area contributed by atoms with Crippen molar-refractivity contribution in [1.29, 1.82) is 0 Å². The molecule has 20 heavy (non-hydrogen) atoms. The van der Waals surface area contributed by atoms with E-state index in [0.717, 1.165) is 22.0 Å². The molecule has 1 aromatic carbocycles. The van der Waals surface area contributed by atoms with Crippen LogP contribution in [0.1, 0.15) is 29.0 Å². The van der Waals surface area contributed by atoms with Gasteiger partial charge in [-0.05, 0) is 59.1 Å². The molecule has 2 rings (SSSR count). The number of thiophene rings is 1. The minimum atomic E-state index is -0.541. The van der Waals surface area contributed by atoms with E-state index in [2.05, 4.69) is 34.2 Å². The van der Waals surface area contributed by atoms with E-state index in [-0.39, 0.29) is 6.04 Å². The molecule has 0 amide bonds. The third-order valence-corrected chi connectivity index (χ3v) is 4.76. The molecule has 0 fully saturated rings. The minimum Gasteiger partial charge on any atom is -0.310 e. The lowest BCUT2D eigenvalue weighted by Gasteiger charge is -2.18. The Labute approximate surface area is 130 Å². The van der Waals surface area contributed by atoms with Crippen molar-refractivity contribution in [2.24, 2.45) is 0 Å². The monoisotopic (exact) mass is 359 g/mol.